The lowest BCUT2D eigenvalue weighted by Crippen LogP contribution is -2.53. The van der Waals surface area contributed by atoms with Crippen LogP contribution in [0, 0.1) is 0 Å². The van der Waals surface area contributed by atoms with Gasteiger partial charge in [0.2, 0.25) is 0 Å². The van der Waals surface area contributed by atoms with Gasteiger partial charge in [0.1, 0.15) is 6.04 Å². The number of rotatable bonds is 4. The Labute approximate surface area is 94.5 Å². The van der Waals surface area contributed by atoms with E-state index in [0.29, 0.717) is 13.0 Å². The van der Waals surface area contributed by atoms with Gasteiger partial charge in [0.15, 0.2) is 0 Å². The van der Waals surface area contributed by atoms with E-state index in [9.17, 15) is 13.2 Å². The molecule has 0 bridgehead atoms. The molecule has 0 amide bonds. The predicted molar refractivity (Wildman–Crippen MR) is 56.3 cm³/mol. The summed E-state index contributed by atoms with van der Waals surface area (Å²) in [5.74, 6) is 0. The second-order valence-electron chi connectivity index (χ2n) is 4.48. The molecule has 0 radical (unpaired) electrons. The Morgan fingerprint density at radius 3 is 2.56 bits per heavy atom. The molecule has 3 atom stereocenters. The lowest BCUT2D eigenvalue weighted by Gasteiger charge is -2.35. The topological polar surface area (TPSA) is 21.3 Å². The Hall–Kier alpha value is -0.290. The summed E-state index contributed by atoms with van der Waals surface area (Å²) in [5.41, 5.74) is 0. The van der Waals surface area contributed by atoms with E-state index in [0.717, 1.165) is 12.8 Å². The van der Waals surface area contributed by atoms with E-state index < -0.39 is 12.2 Å². The Morgan fingerprint density at radius 1 is 1.31 bits per heavy atom. The fourth-order valence-electron chi connectivity index (χ4n) is 1.99. The number of nitrogens with one attached hydrogen (secondary N) is 1. The van der Waals surface area contributed by atoms with Gasteiger partial charge in [0, 0.05) is 12.6 Å². The first-order chi connectivity index (χ1) is 7.43. The van der Waals surface area contributed by atoms with Crippen molar-refractivity contribution in [3.8, 4) is 0 Å². The first-order valence-electron chi connectivity index (χ1n) is 5.87. The Kier molecular flexibility index (Phi) is 5.05. The molecule has 1 heterocycles. The third kappa shape index (κ3) is 4.29. The average Bonchev–Trinajstić information content (AvgIpc) is 2.16. The van der Waals surface area contributed by atoms with Crippen LogP contribution in [0.25, 0.3) is 0 Å². The number of piperidine rings is 1. The predicted octanol–water partition coefficient (Wildman–Crippen LogP) is 2.87. The van der Waals surface area contributed by atoms with E-state index in [1.165, 1.54) is 0 Å². The van der Waals surface area contributed by atoms with E-state index >= 15 is 0 Å². The summed E-state index contributed by atoms with van der Waals surface area (Å²) in [6, 6.07) is -1.55. The number of unbranched alkanes of at least 4 members (excludes halogenated alkanes) is 1. The summed E-state index contributed by atoms with van der Waals surface area (Å²) in [5, 5.41) is 2.57. The zero-order valence-electron chi connectivity index (χ0n) is 9.81. The SMILES string of the molecule is CCCCOC1CC(C)NC(C(F)(F)F)C1. The molecule has 0 spiro atoms. The molecule has 3 unspecified atom stereocenters. The highest BCUT2D eigenvalue weighted by molar-refractivity contribution is 4.88. The number of hydrogen-bond donors (Lipinski definition) is 1. The molecule has 1 rings (SSSR count). The van der Waals surface area contributed by atoms with E-state index in [1.807, 2.05) is 6.92 Å². The van der Waals surface area contributed by atoms with Crippen LogP contribution in [0.15, 0.2) is 0 Å². The van der Waals surface area contributed by atoms with Crippen molar-refractivity contribution < 1.29 is 17.9 Å². The van der Waals surface area contributed by atoms with Crippen molar-refractivity contribution >= 4 is 0 Å². The summed E-state index contributed by atoms with van der Waals surface area (Å²) in [4.78, 5) is 0. The molecular weight excluding hydrogens is 219 g/mol. The van der Waals surface area contributed by atoms with Crippen LogP contribution < -0.4 is 5.32 Å². The van der Waals surface area contributed by atoms with Crippen LogP contribution in [0.3, 0.4) is 0 Å². The molecule has 0 aromatic rings. The molecule has 0 aromatic carbocycles. The fraction of sp³-hybridized carbons (Fsp3) is 1.00. The minimum Gasteiger partial charge on any atom is -0.378 e. The third-order valence-corrected chi connectivity index (χ3v) is 2.85. The highest BCUT2D eigenvalue weighted by atomic mass is 19.4. The van der Waals surface area contributed by atoms with Crippen LogP contribution in [0.1, 0.15) is 39.5 Å². The lowest BCUT2D eigenvalue weighted by atomic mass is 9.96. The van der Waals surface area contributed by atoms with Gasteiger partial charge in [0.05, 0.1) is 6.10 Å². The van der Waals surface area contributed by atoms with Crippen LogP contribution in [-0.2, 0) is 4.74 Å². The normalized spacial score (nSPS) is 31.7. The van der Waals surface area contributed by atoms with Gasteiger partial charge in [-0.2, -0.15) is 13.2 Å². The Morgan fingerprint density at radius 2 is 2.00 bits per heavy atom. The molecule has 96 valence electrons. The summed E-state index contributed by atoms with van der Waals surface area (Å²) in [7, 11) is 0. The van der Waals surface area contributed by atoms with E-state index in [1.54, 1.807) is 6.92 Å². The highest BCUT2D eigenvalue weighted by Gasteiger charge is 2.44. The Balaban J connectivity index is 2.41. The quantitative estimate of drug-likeness (QED) is 0.762. The van der Waals surface area contributed by atoms with Crippen molar-refractivity contribution in [2.24, 2.45) is 0 Å². The van der Waals surface area contributed by atoms with Crippen molar-refractivity contribution in [1.82, 2.24) is 5.32 Å². The molecule has 0 aliphatic carbocycles. The van der Waals surface area contributed by atoms with Gasteiger partial charge < -0.3 is 10.1 Å². The van der Waals surface area contributed by atoms with Crippen molar-refractivity contribution in [1.29, 1.82) is 0 Å². The maximum Gasteiger partial charge on any atom is 0.403 e. The van der Waals surface area contributed by atoms with Gasteiger partial charge in [-0.05, 0) is 26.2 Å². The molecule has 5 heteroatoms. The second-order valence-corrected chi connectivity index (χ2v) is 4.48. The van der Waals surface area contributed by atoms with Crippen LogP contribution >= 0.6 is 0 Å². The van der Waals surface area contributed by atoms with E-state index in [-0.39, 0.29) is 18.6 Å². The van der Waals surface area contributed by atoms with Gasteiger partial charge in [-0.3, -0.25) is 0 Å². The summed E-state index contributed by atoms with van der Waals surface area (Å²) in [6.07, 6.45) is -1.80. The molecule has 0 saturated carbocycles. The minimum atomic E-state index is -4.17. The molecule has 0 aromatic heterocycles. The molecule has 1 aliphatic heterocycles. The van der Waals surface area contributed by atoms with Crippen molar-refractivity contribution in [3.05, 3.63) is 0 Å². The average molecular weight is 239 g/mol. The monoisotopic (exact) mass is 239 g/mol. The van der Waals surface area contributed by atoms with Crippen molar-refractivity contribution in [3.63, 3.8) is 0 Å². The van der Waals surface area contributed by atoms with Crippen LogP contribution in [0.5, 0.6) is 0 Å². The maximum atomic E-state index is 12.6. The molecule has 1 aliphatic rings. The van der Waals surface area contributed by atoms with Crippen LogP contribution in [0.4, 0.5) is 13.2 Å². The minimum absolute atomic E-state index is 0.0392. The molecule has 1 saturated heterocycles. The van der Waals surface area contributed by atoms with E-state index in [4.69, 9.17) is 4.74 Å². The zero-order chi connectivity index (χ0) is 12.2. The summed E-state index contributed by atoms with van der Waals surface area (Å²) >= 11 is 0. The molecule has 1 fully saturated rings. The number of ether oxygens (including phenoxy) is 1. The van der Waals surface area contributed by atoms with Crippen molar-refractivity contribution in [2.45, 2.75) is 63.9 Å². The fourth-order valence-corrected chi connectivity index (χ4v) is 1.99. The first-order valence-corrected chi connectivity index (χ1v) is 5.87. The molecule has 16 heavy (non-hydrogen) atoms. The first kappa shape index (κ1) is 13.8. The van der Waals surface area contributed by atoms with Gasteiger partial charge in [0.25, 0.3) is 0 Å². The Bertz CT molecular complexity index is 208. The molecular formula is C11H20F3NO. The maximum absolute atomic E-state index is 12.6. The van der Waals surface area contributed by atoms with Crippen LogP contribution in [0.2, 0.25) is 0 Å². The van der Waals surface area contributed by atoms with Gasteiger partial charge in [-0.25, -0.2) is 0 Å². The smallest absolute Gasteiger partial charge is 0.378 e. The number of alkyl halides is 3. The van der Waals surface area contributed by atoms with Gasteiger partial charge >= 0.3 is 6.18 Å². The van der Waals surface area contributed by atoms with Crippen molar-refractivity contribution in [2.75, 3.05) is 6.61 Å². The molecule has 1 N–H and O–H groups in total. The zero-order valence-corrected chi connectivity index (χ0v) is 9.81. The summed E-state index contributed by atoms with van der Waals surface area (Å²) < 4.78 is 43.2. The molecule has 2 nitrogen and oxygen atoms in total. The largest absolute Gasteiger partial charge is 0.403 e. The second kappa shape index (κ2) is 5.87. The standard InChI is InChI=1S/C11H20F3NO/c1-3-4-5-16-9-6-8(2)15-10(7-9)11(12,13)14/h8-10,15H,3-7H2,1-2H3. The number of halogens is 3. The van der Waals surface area contributed by atoms with E-state index in [2.05, 4.69) is 5.32 Å². The highest BCUT2D eigenvalue weighted by Crippen LogP contribution is 2.29. The van der Waals surface area contributed by atoms with Gasteiger partial charge in [-0.1, -0.05) is 13.3 Å². The number of hydrogen-bond acceptors (Lipinski definition) is 2. The lowest BCUT2D eigenvalue weighted by molar-refractivity contribution is -0.173. The summed E-state index contributed by atoms with van der Waals surface area (Å²) in [6.45, 7) is 4.37. The van der Waals surface area contributed by atoms with Crippen LogP contribution in [-0.4, -0.2) is 31.0 Å². The third-order valence-electron chi connectivity index (χ3n) is 2.85. The van der Waals surface area contributed by atoms with Gasteiger partial charge in [-0.15, -0.1) is 0 Å².